The first kappa shape index (κ1) is 49.6. The van der Waals surface area contributed by atoms with E-state index in [1.165, 1.54) is 60.2 Å². The molecule has 0 bridgehead atoms. The van der Waals surface area contributed by atoms with E-state index in [1.54, 1.807) is 84.9 Å². The van der Waals surface area contributed by atoms with Gasteiger partial charge in [-0.2, -0.15) is 0 Å². The lowest BCUT2D eigenvalue weighted by molar-refractivity contribution is -0.275. The van der Waals surface area contributed by atoms with Gasteiger partial charge in [0.2, 0.25) is 12.4 Å². The number of allylic oxidation sites excluding steroid dienone is 3. The van der Waals surface area contributed by atoms with Crippen LogP contribution in [0.5, 0.6) is 17.2 Å². The molecule has 1 aliphatic heterocycles. The van der Waals surface area contributed by atoms with E-state index in [4.69, 9.17) is 42.3 Å². The maximum absolute atomic E-state index is 14.1. The van der Waals surface area contributed by atoms with Gasteiger partial charge < -0.3 is 42.3 Å². The van der Waals surface area contributed by atoms with Crippen molar-refractivity contribution in [3.8, 4) is 17.2 Å². The second-order valence-corrected chi connectivity index (χ2v) is 16.3. The van der Waals surface area contributed by atoms with Crippen LogP contribution in [0, 0.1) is 0 Å². The van der Waals surface area contributed by atoms with Crippen LogP contribution in [0.25, 0.3) is 11.0 Å². The molecule has 15 nitrogen and oxygen atoms in total. The second kappa shape index (κ2) is 23.6. The van der Waals surface area contributed by atoms with E-state index in [0.29, 0.717) is 0 Å². The summed E-state index contributed by atoms with van der Waals surface area (Å²) in [6, 6.07) is 36.2. The molecule has 1 fully saturated rings. The van der Waals surface area contributed by atoms with Crippen LogP contribution in [0.3, 0.4) is 0 Å². The van der Waals surface area contributed by atoms with Gasteiger partial charge in [0.05, 0.1) is 27.6 Å². The zero-order chi connectivity index (χ0) is 49.6. The number of fused-ring (bicyclic) bond motifs is 1. The molecule has 0 spiro atoms. The Labute approximate surface area is 403 Å². The number of carbonyl (C=O) groups excluding carboxylic acids is 5. The highest BCUT2D eigenvalue weighted by molar-refractivity contribution is 5.92. The summed E-state index contributed by atoms with van der Waals surface area (Å²) in [5.41, 5.74) is 1.66. The van der Waals surface area contributed by atoms with E-state index in [1.807, 2.05) is 26.8 Å². The summed E-state index contributed by atoms with van der Waals surface area (Å²) in [6.07, 6.45) is -2.62. The first-order valence-corrected chi connectivity index (χ1v) is 22.4. The molecule has 6 aromatic rings. The third-order valence-corrected chi connectivity index (χ3v) is 10.8. The van der Waals surface area contributed by atoms with Gasteiger partial charge in [0.1, 0.15) is 30.7 Å². The number of hydrogen-bond donors (Lipinski definition) is 0. The Morgan fingerprint density at radius 1 is 0.586 bits per heavy atom. The van der Waals surface area contributed by atoms with Gasteiger partial charge in [-0.1, -0.05) is 90.0 Å². The molecule has 0 unspecified atom stereocenters. The van der Waals surface area contributed by atoms with Crippen LogP contribution in [0.4, 0.5) is 0 Å². The fourth-order valence-electron chi connectivity index (χ4n) is 7.30. The van der Waals surface area contributed by atoms with Gasteiger partial charge in [-0.25, -0.2) is 24.0 Å². The molecule has 0 N–H and O–H groups in total. The Morgan fingerprint density at radius 3 is 1.63 bits per heavy atom. The number of esters is 5. The summed E-state index contributed by atoms with van der Waals surface area (Å²) in [5, 5.41) is 0.226. The lowest BCUT2D eigenvalue weighted by Gasteiger charge is -2.44. The Morgan fingerprint density at radius 2 is 1.10 bits per heavy atom. The molecule has 0 aliphatic carbocycles. The van der Waals surface area contributed by atoms with E-state index >= 15 is 0 Å². The molecule has 1 aliphatic rings. The number of ether oxygens (including phenoxy) is 8. The van der Waals surface area contributed by atoms with Crippen LogP contribution in [-0.4, -0.2) is 73.8 Å². The Bertz CT molecular complexity index is 2910. The van der Waals surface area contributed by atoms with Crippen molar-refractivity contribution < 1.29 is 66.3 Å². The largest absolute Gasteiger partial charge is 0.485 e. The summed E-state index contributed by atoms with van der Waals surface area (Å²) in [6.45, 7) is 6.56. The lowest BCUT2D eigenvalue weighted by Crippen LogP contribution is -2.63. The Balaban J connectivity index is 1.30. The van der Waals surface area contributed by atoms with Crippen molar-refractivity contribution in [3.63, 3.8) is 0 Å². The number of rotatable bonds is 18. The highest BCUT2D eigenvalue weighted by Gasteiger charge is 2.54. The monoisotopic (exact) mass is 950 g/mol. The topological polar surface area (TPSA) is 189 Å². The van der Waals surface area contributed by atoms with E-state index in [-0.39, 0.29) is 51.3 Å². The normalized spacial score (nSPS) is 17.6. The van der Waals surface area contributed by atoms with Crippen molar-refractivity contribution in [1.29, 1.82) is 0 Å². The van der Waals surface area contributed by atoms with Crippen molar-refractivity contribution in [2.24, 2.45) is 0 Å². The van der Waals surface area contributed by atoms with E-state index < -0.39 is 78.5 Å². The summed E-state index contributed by atoms with van der Waals surface area (Å²) in [4.78, 5) is 81.0. The molecular weight excluding hydrogens is 901 g/mol. The standard InChI is InChI=1S/C55H50O15/c1-34(2)18-17-19-35(3)30-31-62-45-42-29-28-41(32-43(42)66-54(61)48(45)64-36(4)56)65-55-49(70-53(60)40-26-15-8-16-27-40)47(69-52(59)39-24-13-7-14-25-39)46(68-51(58)38-22-11-6-12-23-38)44(67-55)33-63-50(57)37-20-9-5-10-21-37/h5-16,18,20-30,32,44,46-47,49,55H,17,19,31,33H2,1-4H3/b35-30+/t44-,46+,47+,49-,55-/m1/s1. The van der Waals surface area contributed by atoms with Crippen LogP contribution in [0.2, 0.25) is 0 Å². The van der Waals surface area contributed by atoms with Crippen LogP contribution in [-0.2, 0) is 28.5 Å². The highest BCUT2D eigenvalue weighted by Crippen LogP contribution is 2.37. The molecule has 5 aromatic carbocycles. The predicted octanol–water partition coefficient (Wildman–Crippen LogP) is 9.43. The van der Waals surface area contributed by atoms with E-state index in [2.05, 4.69) is 6.08 Å². The van der Waals surface area contributed by atoms with Gasteiger partial charge in [0.15, 0.2) is 18.0 Å². The summed E-state index contributed by atoms with van der Waals surface area (Å²) in [7, 11) is 0. The average Bonchev–Trinajstić information content (AvgIpc) is 3.36. The van der Waals surface area contributed by atoms with Crippen LogP contribution >= 0.6 is 0 Å². The van der Waals surface area contributed by atoms with Crippen molar-refractivity contribution in [2.75, 3.05) is 13.2 Å². The molecular formula is C55H50O15. The minimum atomic E-state index is -1.71. The molecule has 7 rings (SSSR count). The quantitative estimate of drug-likeness (QED) is 0.0343. The van der Waals surface area contributed by atoms with Crippen molar-refractivity contribution in [2.45, 2.75) is 71.2 Å². The van der Waals surface area contributed by atoms with Crippen molar-refractivity contribution in [3.05, 3.63) is 195 Å². The smallest absolute Gasteiger partial charge is 0.383 e. The number of benzene rings is 5. The zero-order valence-corrected chi connectivity index (χ0v) is 38.8. The van der Waals surface area contributed by atoms with E-state index in [0.717, 1.165) is 25.3 Å². The molecule has 70 heavy (non-hydrogen) atoms. The van der Waals surface area contributed by atoms with Crippen LogP contribution in [0.1, 0.15) is 82.0 Å². The molecule has 360 valence electrons. The fraction of sp³-hybridized carbons (Fsp3) is 0.236. The zero-order valence-electron chi connectivity index (χ0n) is 38.8. The third kappa shape index (κ3) is 13.0. The summed E-state index contributed by atoms with van der Waals surface area (Å²) < 4.78 is 54.1. The molecule has 0 saturated carbocycles. The average molecular weight is 951 g/mol. The highest BCUT2D eigenvalue weighted by atomic mass is 16.7. The predicted molar refractivity (Wildman–Crippen MR) is 255 cm³/mol. The van der Waals surface area contributed by atoms with Crippen LogP contribution in [0.15, 0.2) is 172 Å². The molecule has 0 radical (unpaired) electrons. The lowest BCUT2D eigenvalue weighted by atomic mass is 9.97. The van der Waals surface area contributed by atoms with Gasteiger partial charge >= 0.3 is 35.5 Å². The van der Waals surface area contributed by atoms with Crippen molar-refractivity contribution >= 4 is 40.8 Å². The van der Waals surface area contributed by atoms with Gasteiger partial charge in [0.25, 0.3) is 5.75 Å². The minimum Gasteiger partial charge on any atom is -0.485 e. The number of hydrogen-bond acceptors (Lipinski definition) is 15. The molecule has 15 heteroatoms. The fourth-order valence-corrected chi connectivity index (χ4v) is 7.30. The second-order valence-electron chi connectivity index (χ2n) is 16.3. The van der Waals surface area contributed by atoms with Gasteiger partial charge in [0, 0.05) is 13.0 Å². The first-order valence-electron chi connectivity index (χ1n) is 22.4. The van der Waals surface area contributed by atoms with Gasteiger partial charge in [-0.05, 0) is 100 Å². The van der Waals surface area contributed by atoms with Gasteiger partial charge in [-0.15, -0.1) is 0 Å². The van der Waals surface area contributed by atoms with Crippen LogP contribution < -0.4 is 19.8 Å². The van der Waals surface area contributed by atoms with Gasteiger partial charge in [-0.3, -0.25) is 4.79 Å². The number of carbonyl (C=O) groups is 5. The molecule has 1 saturated heterocycles. The summed E-state index contributed by atoms with van der Waals surface area (Å²) in [5.74, 6) is -4.75. The van der Waals surface area contributed by atoms with Crippen molar-refractivity contribution in [1.82, 2.24) is 0 Å². The molecule has 5 atom stereocenters. The van der Waals surface area contributed by atoms with E-state index in [9.17, 15) is 28.8 Å². The SMILES string of the molecule is CC(=O)Oc1c(OC/C=C(\C)CCC=C(C)C)c2ccc(O[C@@H]3O[C@H](COC(=O)c4ccccc4)[C@H](OC(=O)c4ccccc4)[C@H](OC(=O)c4ccccc4)[C@H]3OC(=O)c3ccccc3)cc2oc1=O. The molecule has 1 aromatic heterocycles. The maximum Gasteiger partial charge on any atom is 0.383 e. The third-order valence-electron chi connectivity index (χ3n) is 10.8. The Hall–Kier alpha value is -8.30. The Kier molecular flexibility index (Phi) is 16.7. The maximum atomic E-state index is 14.1. The molecule has 2 heterocycles. The minimum absolute atomic E-state index is 0.0193. The molecule has 0 amide bonds. The first-order chi connectivity index (χ1) is 33.8. The summed E-state index contributed by atoms with van der Waals surface area (Å²) >= 11 is 0.